The third kappa shape index (κ3) is 2.54. The van der Waals surface area contributed by atoms with Crippen molar-refractivity contribution in [3.8, 4) is 0 Å². The fraction of sp³-hybridized carbons (Fsp3) is 0.625. The predicted octanol–water partition coefficient (Wildman–Crippen LogP) is 3.47. The van der Waals surface area contributed by atoms with E-state index >= 15 is 0 Å². The van der Waals surface area contributed by atoms with Crippen LogP contribution in [0.1, 0.15) is 37.3 Å². The molecule has 1 aromatic carbocycles. The molecule has 2 heterocycles. The molecule has 19 heavy (non-hydrogen) atoms. The van der Waals surface area contributed by atoms with Gasteiger partial charge in [0.25, 0.3) is 0 Å². The molecule has 104 valence electrons. The van der Waals surface area contributed by atoms with Crippen LogP contribution >= 0.6 is 11.6 Å². The van der Waals surface area contributed by atoms with Gasteiger partial charge in [0.1, 0.15) is 0 Å². The fourth-order valence-electron chi connectivity index (χ4n) is 4.10. The summed E-state index contributed by atoms with van der Waals surface area (Å²) >= 11 is 6.14. The van der Waals surface area contributed by atoms with Gasteiger partial charge in [0.2, 0.25) is 0 Å². The lowest BCUT2D eigenvalue weighted by Gasteiger charge is -2.40. The van der Waals surface area contributed by atoms with Crippen molar-refractivity contribution in [3.05, 3.63) is 34.9 Å². The van der Waals surface area contributed by atoms with Gasteiger partial charge in [-0.2, -0.15) is 0 Å². The minimum Gasteiger partial charge on any atom is -0.313 e. The Bertz CT molecular complexity index is 434. The average Bonchev–Trinajstić information content (AvgIpc) is 2.63. The third-order valence-corrected chi connectivity index (χ3v) is 5.36. The van der Waals surface area contributed by atoms with Gasteiger partial charge in [0, 0.05) is 23.1 Å². The van der Waals surface area contributed by atoms with Gasteiger partial charge in [0.05, 0.1) is 0 Å². The normalized spacial score (nSPS) is 32.5. The van der Waals surface area contributed by atoms with Gasteiger partial charge in [-0.1, -0.05) is 23.7 Å². The molecule has 0 spiro atoms. The van der Waals surface area contributed by atoms with Crippen LogP contribution in [0.4, 0.5) is 0 Å². The molecule has 3 rings (SSSR count). The van der Waals surface area contributed by atoms with Crippen LogP contribution in [0.2, 0.25) is 5.02 Å². The van der Waals surface area contributed by atoms with E-state index in [9.17, 15) is 0 Å². The number of halogens is 1. The van der Waals surface area contributed by atoms with Gasteiger partial charge in [-0.3, -0.25) is 0 Å². The highest BCUT2D eigenvalue weighted by atomic mass is 35.5. The molecule has 0 aliphatic carbocycles. The van der Waals surface area contributed by atoms with Gasteiger partial charge in [-0.25, -0.2) is 0 Å². The number of fused-ring (bicyclic) bond motifs is 2. The lowest BCUT2D eigenvalue weighted by atomic mass is 9.82. The van der Waals surface area contributed by atoms with E-state index in [1.165, 1.54) is 31.2 Å². The summed E-state index contributed by atoms with van der Waals surface area (Å²) in [6.07, 6.45) is 5.38. The fourth-order valence-corrected chi connectivity index (χ4v) is 4.30. The number of nitrogens with one attached hydrogen (secondary N) is 1. The van der Waals surface area contributed by atoms with Crippen LogP contribution in [-0.4, -0.2) is 31.1 Å². The van der Waals surface area contributed by atoms with Crippen molar-refractivity contribution in [2.75, 3.05) is 14.1 Å². The van der Waals surface area contributed by atoms with Crippen LogP contribution in [0.15, 0.2) is 24.3 Å². The summed E-state index contributed by atoms with van der Waals surface area (Å²) in [5, 5.41) is 4.36. The first-order valence-electron chi connectivity index (χ1n) is 7.33. The largest absolute Gasteiger partial charge is 0.313 e. The zero-order chi connectivity index (χ0) is 13.4. The standard InChI is InChI=1S/C16H23ClN2/c1-18-16(11-4-3-5-13(17)8-11)12-9-14-6-7-15(10-12)19(14)2/h3-5,8,12,14-16,18H,6-7,9-10H2,1-2H3. The number of nitrogens with zero attached hydrogens (tertiary/aromatic N) is 1. The number of rotatable bonds is 3. The van der Waals surface area contributed by atoms with Crippen molar-refractivity contribution < 1.29 is 0 Å². The molecule has 2 fully saturated rings. The van der Waals surface area contributed by atoms with E-state index in [4.69, 9.17) is 11.6 Å². The van der Waals surface area contributed by atoms with Crippen molar-refractivity contribution in [2.45, 2.75) is 43.8 Å². The lowest BCUT2D eigenvalue weighted by Crippen LogP contribution is -2.43. The van der Waals surface area contributed by atoms with Gasteiger partial charge >= 0.3 is 0 Å². The van der Waals surface area contributed by atoms with Gasteiger partial charge in [-0.05, 0) is 63.4 Å². The lowest BCUT2D eigenvalue weighted by molar-refractivity contribution is 0.114. The van der Waals surface area contributed by atoms with Crippen LogP contribution in [-0.2, 0) is 0 Å². The van der Waals surface area contributed by atoms with Crippen LogP contribution in [0, 0.1) is 5.92 Å². The van der Waals surface area contributed by atoms with Crippen molar-refractivity contribution in [1.82, 2.24) is 10.2 Å². The van der Waals surface area contributed by atoms with Gasteiger partial charge < -0.3 is 10.2 Å². The Morgan fingerprint density at radius 3 is 2.53 bits per heavy atom. The van der Waals surface area contributed by atoms with E-state index in [1.807, 2.05) is 6.07 Å². The Labute approximate surface area is 121 Å². The van der Waals surface area contributed by atoms with E-state index in [0.717, 1.165) is 23.0 Å². The molecule has 2 aliphatic heterocycles. The molecule has 3 heteroatoms. The molecule has 0 aromatic heterocycles. The summed E-state index contributed by atoms with van der Waals surface area (Å²) in [4.78, 5) is 2.60. The first-order chi connectivity index (χ1) is 9.19. The molecule has 2 saturated heterocycles. The third-order valence-electron chi connectivity index (χ3n) is 5.12. The van der Waals surface area contributed by atoms with Crippen molar-refractivity contribution >= 4 is 11.6 Å². The van der Waals surface area contributed by atoms with E-state index in [1.54, 1.807) is 0 Å². The summed E-state index contributed by atoms with van der Waals surface area (Å²) in [5.41, 5.74) is 1.34. The van der Waals surface area contributed by atoms with Gasteiger partial charge in [0.15, 0.2) is 0 Å². The predicted molar refractivity (Wildman–Crippen MR) is 80.5 cm³/mol. The zero-order valence-corrected chi connectivity index (χ0v) is 12.5. The number of benzene rings is 1. The topological polar surface area (TPSA) is 15.3 Å². The highest BCUT2D eigenvalue weighted by molar-refractivity contribution is 6.30. The van der Waals surface area contributed by atoms with Crippen LogP contribution in [0.3, 0.4) is 0 Å². The van der Waals surface area contributed by atoms with E-state index in [-0.39, 0.29) is 0 Å². The summed E-state index contributed by atoms with van der Waals surface area (Å²) in [5.74, 6) is 0.733. The van der Waals surface area contributed by atoms with E-state index in [0.29, 0.717) is 6.04 Å². The Morgan fingerprint density at radius 1 is 1.26 bits per heavy atom. The Hall–Kier alpha value is -0.570. The molecular weight excluding hydrogens is 256 g/mol. The molecule has 1 N–H and O–H groups in total. The second-order valence-electron chi connectivity index (χ2n) is 6.10. The minimum atomic E-state index is 0.440. The second-order valence-corrected chi connectivity index (χ2v) is 6.54. The number of hydrogen-bond acceptors (Lipinski definition) is 2. The highest BCUT2D eigenvalue weighted by Crippen LogP contribution is 2.42. The Balaban J connectivity index is 1.80. The number of piperidine rings is 1. The molecule has 2 bridgehead atoms. The van der Waals surface area contributed by atoms with Gasteiger partial charge in [-0.15, -0.1) is 0 Å². The Morgan fingerprint density at radius 2 is 1.95 bits per heavy atom. The molecule has 3 atom stereocenters. The molecule has 2 nitrogen and oxygen atoms in total. The first kappa shape index (κ1) is 13.4. The molecule has 3 unspecified atom stereocenters. The molecule has 0 saturated carbocycles. The summed E-state index contributed by atoms with van der Waals surface area (Å²) in [6.45, 7) is 0. The molecule has 2 aliphatic rings. The van der Waals surface area contributed by atoms with Crippen LogP contribution in [0.25, 0.3) is 0 Å². The van der Waals surface area contributed by atoms with Crippen LogP contribution in [0.5, 0.6) is 0 Å². The maximum Gasteiger partial charge on any atom is 0.0409 e. The summed E-state index contributed by atoms with van der Waals surface area (Å²) < 4.78 is 0. The molecule has 0 amide bonds. The summed E-state index contributed by atoms with van der Waals surface area (Å²) in [7, 11) is 4.37. The van der Waals surface area contributed by atoms with Crippen molar-refractivity contribution in [3.63, 3.8) is 0 Å². The minimum absolute atomic E-state index is 0.440. The van der Waals surface area contributed by atoms with Crippen LogP contribution < -0.4 is 5.32 Å². The van der Waals surface area contributed by atoms with E-state index < -0.39 is 0 Å². The first-order valence-corrected chi connectivity index (χ1v) is 7.71. The SMILES string of the molecule is CNC(c1cccc(Cl)c1)C1CC2CCC(C1)N2C. The number of hydrogen-bond donors (Lipinski definition) is 1. The maximum absolute atomic E-state index is 6.14. The molecule has 0 radical (unpaired) electrons. The summed E-state index contributed by atoms with van der Waals surface area (Å²) in [6, 6.07) is 10.4. The smallest absolute Gasteiger partial charge is 0.0409 e. The average molecular weight is 279 g/mol. The Kier molecular flexibility index (Phi) is 3.84. The molecule has 1 aromatic rings. The maximum atomic E-state index is 6.14. The van der Waals surface area contributed by atoms with Crippen molar-refractivity contribution in [1.29, 1.82) is 0 Å². The molecular formula is C16H23ClN2. The zero-order valence-electron chi connectivity index (χ0n) is 11.8. The monoisotopic (exact) mass is 278 g/mol. The highest BCUT2D eigenvalue weighted by Gasteiger charge is 2.40. The van der Waals surface area contributed by atoms with E-state index in [2.05, 4.69) is 42.5 Å². The van der Waals surface area contributed by atoms with Crippen molar-refractivity contribution in [2.24, 2.45) is 5.92 Å². The second kappa shape index (κ2) is 5.43. The quantitative estimate of drug-likeness (QED) is 0.911.